The van der Waals surface area contributed by atoms with Crippen molar-refractivity contribution < 1.29 is 0 Å². The van der Waals surface area contributed by atoms with E-state index in [-0.39, 0.29) is 0 Å². The number of nitrogens with zero attached hydrogens (tertiary/aromatic N) is 2. The van der Waals surface area contributed by atoms with E-state index in [0.29, 0.717) is 5.92 Å². The van der Waals surface area contributed by atoms with Crippen LogP contribution in [0.1, 0.15) is 49.3 Å². The molecule has 2 aliphatic rings. The minimum atomic E-state index is 0.681. The highest BCUT2D eigenvalue weighted by molar-refractivity contribution is 7.99. The average molecular weight is 284 g/mol. The van der Waals surface area contributed by atoms with Gasteiger partial charge in [-0.15, -0.1) is 0 Å². The normalized spacial score (nSPS) is 20.5. The summed E-state index contributed by atoms with van der Waals surface area (Å²) in [5.74, 6) is 3.09. The van der Waals surface area contributed by atoms with Gasteiger partial charge < -0.3 is 0 Å². The van der Waals surface area contributed by atoms with Gasteiger partial charge in [-0.05, 0) is 42.7 Å². The zero-order chi connectivity index (χ0) is 13.4. The first-order chi connectivity index (χ1) is 9.93. The summed E-state index contributed by atoms with van der Waals surface area (Å²) in [6.45, 7) is 0. The Hall–Kier alpha value is -1.22. The second kappa shape index (κ2) is 5.28. The number of pyridine rings is 1. The fourth-order valence-electron chi connectivity index (χ4n) is 3.59. The zero-order valence-electron chi connectivity index (χ0n) is 11.7. The van der Waals surface area contributed by atoms with Crippen LogP contribution in [0.5, 0.6) is 0 Å². The molecule has 0 saturated heterocycles. The Labute approximate surface area is 124 Å². The second-order valence-corrected chi connectivity index (χ2v) is 6.98. The van der Waals surface area contributed by atoms with Crippen LogP contribution >= 0.6 is 11.8 Å². The van der Waals surface area contributed by atoms with Gasteiger partial charge in [0, 0.05) is 23.4 Å². The highest BCUT2D eigenvalue weighted by Gasteiger charge is 2.26. The van der Waals surface area contributed by atoms with Gasteiger partial charge in [0.25, 0.3) is 0 Å². The van der Waals surface area contributed by atoms with Crippen molar-refractivity contribution >= 4 is 22.9 Å². The molecule has 1 aliphatic heterocycles. The molecule has 1 saturated carbocycles. The molecule has 2 aromatic rings. The summed E-state index contributed by atoms with van der Waals surface area (Å²) in [5.41, 5.74) is 5.66. The van der Waals surface area contributed by atoms with Crippen LogP contribution in [0.3, 0.4) is 0 Å². The fraction of sp³-hybridized carbons (Fsp3) is 0.471. The molecule has 1 fully saturated rings. The van der Waals surface area contributed by atoms with Gasteiger partial charge in [0.2, 0.25) is 0 Å². The molecule has 0 aromatic carbocycles. The van der Waals surface area contributed by atoms with Crippen LogP contribution in [0, 0.1) is 0 Å². The molecule has 3 heteroatoms. The monoisotopic (exact) mass is 284 g/mol. The Morgan fingerprint density at radius 1 is 1.20 bits per heavy atom. The lowest BCUT2D eigenvalue weighted by molar-refractivity contribution is 0.683. The molecule has 0 amide bonds. The van der Waals surface area contributed by atoms with E-state index >= 15 is 0 Å². The first kappa shape index (κ1) is 12.5. The molecule has 2 aromatic heterocycles. The third-order valence-corrected chi connectivity index (χ3v) is 5.49. The van der Waals surface area contributed by atoms with Gasteiger partial charge in [-0.25, -0.2) is 4.52 Å². The van der Waals surface area contributed by atoms with Gasteiger partial charge in [0.15, 0.2) is 0 Å². The summed E-state index contributed by atoms with van der Waals surface area (Å²) in [7, 11) is 0. The van der Waals surface area contributed by atoms with Gasteiger partial charge in [-0.1, -0.05) is 25.0 Å². The maximum atomic E-state index is 4.94. The highest BCUT2D eigenvalue weighted by atomic mass is 32.2. The largest absolute Gasteiger partial charge is 0.240 e. The predicted octanol–water partition coefficient (Wildman–Crippen LogP) is 4.51. The van der Waals surface area contributed by atoms with E-state index in [1.807, 2.05) is 11.8 Å². The SMILES string of the molecule is C1=C(c2c(C3CCCC3)nn3ccccc23)CCSC1. The number of thioether (sulfide) groups is 1. The molecule has 104 valence electrons. The van der Waals surface area contributed by atoms with Crippen molar-refractivity contribution in [1.82, 2.24) is 9.61 Å². The topological polar surface area (TPSA) is 17.3 Å². The molecule has 0 radical (unpaired) electrons. The minimum absolute atomic E-state index is 0.681. The molecule has 2 nitrogen and oxygen atoms in total. The Balaban J connectivity index is 1.90. The standard InChI is InChI=1S/C17H20N2S/c1-2-6-14(5-1)17-16(13-8-11-20-12-9-13)15-7-3-4-10-19(15)18-17/h3-4,7-8,10,14H,1-2,5-6,9,11-12H2. The maximum Gasteiger partial charge on any atom is 0.0741 e. The molecule has 0 unspecified atom stereocenters. The van der Waals surface area contributed by atoms with Crippen molar-refractivity contribution in [3.05, 3.63) is 41.7 Å². The van der Waals surface area contributed by atoms with Gasteiger partial charge in [-0.3, -0.25) is 0 Å². The number of hydrogen-bond acceptors (Lipinski definition) is 2. The Kier molecular flexibility index (Phi) is 3.31. The predicted molar refractivity (Wildman–Crippen MR) is 86.3 cm³/mol. The number of aromatic nitrogens is 2. The summed E-state index contributed by atoms with van der Waals surface area (Å²) in [6.07, 6.45) is 11.1. The summed E-state index contributed by atoms with van der Waals surface area (Å²) >= 11 is 2.04. The molecular weight excluding hydrogens is 264 g/mol. The van der Waals surface area contributed by atoms with Crippen molar-refractivity contribution in [3.8, 4) is 0 Å². The van der Waals surface area contributed by atoms with E-state index in [4.69, 9.17) is 5.10 Å². The van der Waals surface area contributed by atoms with Crippen LogP contribution in [0.15, 0.2) is 30.5 Å². The number of rotatable bonds is 2. The Morgan fingerprint density at radius 3 is 2.90 bits per heavy atom. The van der Waals surface area contributed by atoms with E-state index in [1.165, 1.54) is 60.2 Å². The smallest absolute Gasteiger partial charge is 0.0741 e. The van der Waals surface area contributed by atoms with E-state index in [1.54, 1.807) is 0 Å². The number of allylic oxidation sites excluding steroid dienone is 1. The first-order valence-electron chi connectivity index (χ1n) is 7.68. The van der Waals surface area contributed by atoms with Crippen molar-refractivity contribution in [2.75, 3.05) is 11.5 Å². The Bertz CT molecular complexity index is 650. The van der Waals surface area contributed by atoms with Gasteiger partial charge >= 0.3 is 0 Å². The van der Waals surface area contributed by atoms with E-state index in [2.05, 4.69) is 35.0 Å². The minimum Gasteiger partial charge on any atom is -0.240 e. The zero-order valence-corrected chi connectivity index (χ0v) is 12.5. The summed E-state index contributed by atoms with van der Waals surface area (Å²) in [6, 6.07) is 6.44. The third-order valence-electron chi connectivity index (χ3n) is 4.59. The second-order valence-electron chi connectivity index (χ2n) is 5.83. The van der Waals surface area contributed by atoms with Crippen LogP contribution < -0.4 is 0 Å². The lowest BCUT2D eigenvalue weighted by Crippen LogP contribution is -2.01. The lowest BCUT2D eigenvalue weighted by Gasteiger charge is -2.15. The quantitative estimate of drug-likeness (QED) is 0.807. The molecule has 0 bridgehead atoms. The fourth-order valence-corrected chi connectivity index (χ4v) is 4.44. The summed E-state index contributed by atoms with van der Waals surface area (Å²) < 4.78 is 2.09. The number of hydrogen-bond donors (Lipinski definition) is 0. The Morgan fingerprint density at radius 2 is 2.10 bits per heavy atom. The van der Waals surface area contributed by atoms with E-state index in [9.17, 15) is 0 Å². The van der Waals surface area contributed by atoms with Crippen LogP contribution in [-0.4, -0.2) is 21.1 Å². The molecule has 0 atom stereocenters. The highest BCUT2D eigenvalue weighted by Crippen LogP contribution is 2.40. The molecule has 0 spiro atoms. The number of fused-ring (bicyclic) bond motifs is 1. The van der Waals surface area contributed by atoms with Crippen molar-refractivity contribution in [1.29, 1.82) is 0 Å². The third kappa shape index (κ3) is 2.08. The van der Waals surface area contributed by atoms with Gasteiger partial charge in [0.05, 0.1) is 11.2 Å². The molecular formula is C17H20N2S. The molecule has 3 heterocycles. The lowest BCUT2D eigenvalue weighted by atomic mass is 9.93. The molecule has 4 rings (SSSR count). The van der Waals surface area contributed by atoms with Gasteiger partial charge in [-0.2, -0.15) is 16.9 Å². The van der Waals surface area contributed by atoms with E-state index < -0.39 is 0 Å². The van der Waals surface area contributed by atoms with Gasteiger partial charge in [0.1, 0.15) is 0 Å². The molecule has 20 heavy (non-hydrogen) atoms. The van der Waals surface area contributed by atoms with E-state index in [0.717, 1.165) is 5.75 Å². The van der Waals surface area contributed by atoms with Crippen molar-refractivity contribution in [2.24, 2.45) is 0 Å². The summed E-state index contributed by atoms with van der Waals surface area (Å²) in [5, 5.41) is 4.94. The first-order valence-corrected chi connectivity index (χ1v) is 8.83. The van der Waals surface area contributed by atoms with Crippen molar-refractivity contribution in [3.63, 3.8) is 0 Å². The maximum absolute atomic E-state index is 4.94. The van der Waals surface area contributed by atoms with Crippen LogP contribution in [-0.2, 0) is 0 Å². The average Bonchev–Trinajstić information content (AvgIpc) is 3.15. The van der Waals surface area contributed by atoms with Crippen LogP contribution in [0.2, 0.25) is 0 Å². The molecule has 0 N–H and O–H groups in total. The summed E-state index contributed by atoms with van der Waals surface area (Å²) in [4.78, 5) is 0. The van der Waals surface area contributed by atoms with Crippen molar-refractivity contribution in [2.45, 2.75) is 38.0 Å². The van der Waals surface area contributed by atoms with Crippen LogP contribution in [0.25, 0.3) is 11.1 Å². The molecule has 1 aliphatic carbocycles. The van der Waals surface area contributed by atoms with Crippen LogP contribution in [0.4, 0.5) is 0 Å².